The van der Waals surface area contributed by atoms with E-state index in [9.17, 15) is 0 Å². The highest BCUT2D eigenvalue weighted by Gasteiger charge is 2.22. The molecule has 0 radical (unpaired) electrons. The highest BCUT2D eigenvalue weighted by atomic mass is 35.5. The Balaban J connectivity index is 2.34. The molecule has 0 spiro atoms. The molecule has 19 heavy (non-hydrogen) atoms. The fourth-order valence-corrected chi connectivity index (χ4v) is 3.16. The van der Waals surface area contributed by atoms with E-state index in [2.05, 4.69) is 11.8 Å². The molecule has 2 rings (SSSR count). The lowest BCUT2D eigenvalue weighted by molar-refractivity contribution is 0.418. The molecule has 3 nitrogen and oxygen atoms in total. The topological polar surface area (TPSA) is 53.1 Å². The number of nitrogens with two attached hydrogens (primary N) is 1. The average molecular weight is 280 g/mol. The molecule has 1 aromatic rings. The van der Waals surface area contributed by atoms with Crippen LogP contribution in [0.1, 0.15) is 44.6 Å². The number of benzene rings is 1. The van der Waals surface area contributed by atoms with Gasteiger partial charge in [-0.05, 0) is 38.0 Å². The summed E-state index contributed by atoms with van der Waals surface area (Å²) in [6.45, 7) is 3.10. The predicted octanol–water partition coefficient (Wildman–Crippen LogP) is 3.78. The standard InChI is InChI=1S/C15H22ClN3/c1-2-19(12-6-4-3-5-7-12)14-9-8-11(16)10-13(14)15(17)18/h8-10,12H,2-7H2,1H3,(H3,17,18). The smallest absolute Gasteiger partial charge is 0.124 e. The number of halogens is 1. The third-order valence-corrected chi connectivity index (χ3v) is 4.15. The Kier molecular flexibility index (Phi) is 4.70. The third-order valence-electron chi connectivity index (χ3n) is 3.91. The first-order valence-electron chi connectivity index (χ1n) is 7.04. The zero-order valence-electron chi connectivity index (χ0n) is 11.5. The summed E-state index contributed by atoms with van der Waals surface area (Å²) in [5.41, 5.74) is 7.50. The summed E-state index contributed by atoms with van der Waals surface area (Å²) >= 11 is 6.02. The summed E-state index contributed by atoms with van der Waals surface area (Å²) < 4.78 is 0. The molecular weight excluding hydrogens is 258 g/mol. The van der Waals surface area contributed by atoms with Gasteiger partial charge in [0, 0.05) is 28.9 Å². The number of hydrogen-bond acceptors (Lipinski definition) is 2. The van der Waals surface area contributed by atoms with Crippen molar-refractivity contribution < 1.29 is 0 Å². The van der Waals surface area contributed by atoms with Crippen molar-refractivity contribution in [2.45, 2.75) is 45.1 Å². The van der Waals surface area contributed by atoms with Crippen LogP contribution in [-0.4, -0.2) is 18.4 Å². The molecule has 0 saturated heterocycles. The number of nitrogen functional groups attached to an aromatic ring is 1. The number of hydrogen-bond donors (Lipinski definition) is 2. The van der Waals surface area contributed by atoms with Crippen LogP contribution < -0.4 is 10.6 Å². The van der Waals surface area contributed by atoms with Crippen LogP contribution in [-0.2, 0) is 0 Å². The molecule has 0 aliphatic heterocycles. The van der Waals surface area contributed by atoms with E-state index in [1.54, 1.807) is 6.07 Å². The van der Waals surface area contributed by atoms with E-state index in [-0.39, 0.29) is 5.84 Å². The van der Waals surface area contributed by atoms with Crippen LogP contribution in [0.3, 0.4) is 0 Å². The van der Waals surface area contributed by atoms with Gasteiger partial charge < -0.3 is 10.6 Å². The van der Waals surface area contributed by atoms with E-state index in [0.717, 1.165) is 17.8 Å². The first kappa shape index (κ1) is 14.2. The Morgan fingerprint density at radius 1 is 1.37 bits per heavy atom. The fraction of sp³-hybridized carbons (Fsp3) is 0.533. The third kappa shape index (κ3) is 3.21. The van der Waals surface area contributed by atoms with Gasteiger partial charge >= 0.3 is 0 Å². The van der Waals surface area contributed by atoms with Crippen molar-refractivity contribution >= 4 is 23.1 Å². The van der Waals surface area contributed by atoms with Gasteiger partial charge in [-0.15, -0.1) is 0 Å². The first-order valence-corrected chi connectivity index (χ1v) is 7.42. The van der Waals surface area contributed by atoms with Gasteiger partial charge in [-0.3, -0.25) is 5.41 Å². The molecule has 1 saturated carbocycles. The number of nitrogens with zero attached hydrogens (tertiary/aromatic N) is 1. The molecular formula is C15H22ClN3. The maximum atomic E-state index is 7.75. The Morgan fingerprint density at radius 3 is 2.63 bits per heavy atom. The number of rotatable bonds is 4. The zero-order chi connectivity index (χ0) is 13.8. The maximum Gasteiger partial charge on any atom is 0.124 e. The normalized spacial score (nSPS) is 16.3. The van der Waals surface area contributed by atoms with E-state index >= 15 is 0 Å². The molecule has 1 aliphatic rings. The second-order valence-corrected chi connectivity index (χ2v) is 5.59. The molecule has 1 fully saturated rings. The van der Waals surface area contributed by atoms with Gasteiger partial charge in [-0.1, -0.05) is 30.9 Å². The Bertz CT molecular complexity index is 453. The zero-order valence-corrected chi connectivity index (χ0v) is 12.2. The highest BCUT2D eigenvalue weighted by Crippen LogP contribution is 2.30. The summed E-state index contributed by atoms with van der Waals surface area (Å²) in [6.07, 6.45) is 6.39. The van der Waals surface area contributed by atoms with Crippen molar-refractivity contribution in [3.63, 3.8) is 0 Å². The summed E-state index contributed by atoms with van der Waals surface area (Å²) in [4.78, 5) is 2.38. The minimum absolute atomic E-state index is 0.0896. The van der Waals surface area contributed by atoms with Gasteiger partial charge in [-0.25, -0.2) is 0 Å². The van der Waals surface area contributed by atoms with Crippen molar-refractivity contribution in [1.82, 2.24) is 0 Å². The summed E-state index contributed by atoms with van der Waals surface area (Å²) in [6, 6.07) is 6.24. The quantitative estimate of drug-likeness (QED) is 0.651. The second-order valence-electron chi connectivity index (χ2n) is 5.15. The monoisotopic (exact) mass is 279 g/mol. The van der Waals surface area contributed by atoms with Gasteiger partial charge in [0.25, 0.3) is 0 Å². The van der Waals surface area contributed by atoms with Gasteiger partial charge in [0.2, 0.25) is 0 Å². The minimum Gasteiger partial charge on any atom is -0.384 e. The first-order chi connectivity index (χ1) is 9.13. The lowest BCUT2D eigenvalue weighted by Gasteiger charge is -2.36. The predicted molar refractivity (Wildman–Crippen MR) is 82.4 cm³/mol. The lowest BCUT2D eigenvalue weighted by Crippen LogP contribution is -2.38. The molecule has 4 heteroatoms. The molecule has 0 aromatic heterocycles. The van der Waals surface area contributed by atoms with Crippen molar-refractivity contribution in [3.05, 3.63) is 28.8 Å². The van der Waals surface area contributed by atoms with E-state index in [1.807, 2.05) is 12.1 Å². The average Bonchev–Trinajstić information content (AvgIpc) is 2.42. The second kappa shape index (κ2) is 6.29. The van der Waals surface area contributed by atoms with Crippen LogP contribution >= 0.6 is 11.6 Å². The van der Waals surface area contributed by atoms with Gasteiger partial charge in [0.05, 0.1) is 0 Å². The molecule has 0 bridgehead atoms. The molecule has 0 unspecified atom stereocenters. The highest BCUT2D eigenvalue weighted by molar-refractivity contribution is 6.31. The van der Waals surface area contributed by atoms with E-state index in [0.29, 0.717) is 11.1 Å². The van der Waals surface area contributed by atoms with E-state index < -0.39 is 0 Å². The summed E-state index contributed by atoms with van der Waals surface area (Å²) in [7, 11) is 0. The van der Waals surface area contributed by atoms with Gasteiger partial charge in [0.1, 0.15) is 5.84 Å². The van der Waals surface area contributed by atoms with Crippen LogP contribution in [0.4, 0.5) is 5.69 Å². The van der Waals surface area contributed by atoms with Crippen molar-refractivity contribution in [2.24, 2.45) is 5.73 Å². The fourth-order valence-electron chi connectivity index (χ4n) is 2.99. The number of nitrogens with one attached hydrogen (secondary N) is 1. The molecule has 0 atom stereocenters. The minimum atomic E-state index is 0.0896. The lowest BCUT2D eigenvalue weighted by atomic mass is 9.93. The molecule has 3 N–H and O–H groups in total. The van der Waals surface area contributed by atoms with Crippen LogP contribution in [0.15, 0.2) is 18.2 Å². The number of anilines is 1. The van der Waals surface area contributed by atoms with Gasteiger partial charge in [0.15, 0.2) is 0 Å². The Hall–Kier alpha value is -1.22. The largest absolute Gasteiger partial charge is 0.384 e. The molecule has 0 heterocycles. The van der Waals surface area contributed by atoms with Crippen molar-refractivity contribution in [3.8, 4) is 0 Å². The molecule has 0 amide bonds. The molecule has 104 valence electrons. The summed E-state index contributed by atoms with van der Waals surface area (Å²) in [5, 5.41) is 8.38. The summed E-state index contributed by atoms with van der Waals surface area (Å²) in [5.74, 6) is 0.0896. The Labute approximate surface area is 120 Å². The number of amidine groups is 1. The van der Waals surface area contributed by atoms with Crippen molar-refractivity contribution in [2.75, 3.05) is 11.4 Å². The maximum absolute atomic E-state index is 7.75. The van der Waals surface area contributed by atoms with Crippen LogP contribution in [0, 0.1) is 5.41 Å². The van der Waals surface area contributed by atoms with E-state index in [4.69, 9.17) is 22.7 Å². The Morgan fingerprint density at radius 2 is 2.05 bits per heavy atom. The van der Waals surface area contributed by atoms with Crippen LogP contribution in [0.5, 0.6) is 0 Å². The van der Waals surface area contributed by atoms with E-state index in [1.165, 1.54) is 32.1 Å². The molecule has 1 aliphatic carbocycles. The van der Waals surface area contributed by atoms with Crippen molar-refractivity contribution in [1.29, 1.82) is 5.41 Å². The molecule has 1 aromatic carbocycles. The van der Waals surface area contributed by atoms with Crippen LogP contribution in [0.2, 0.25) is 5.02 Å². The van der Waals surface area contributed by atoms with Gasteiger partial charge in [-0.2, -0.15) is 0 Å². The SMILES string of the molecule is CCN(c1ccc(Cl)cc1C(=N)N)C1CCCCC1. The van der Waals surface area contributed by atoms with Crippen LogP contribution in [0.25, 0.3) is 0 Å².